The van der Waals surface area contributed by atoms with E-state index in [-0.39, 0.29) is 17.1 Å². The summed E-state index contributed by atoms with van der Waals surface area (Å²) in [6.07, 6.45) is 0. The van der Waals surface area contributed by atoms with E-state index >= 15 is 0 Å². The van der Waals surface area contributed by atoms with Crippen LogP contribution in [-0.4, -0.2) is 17.8 Å². The quantitative estimate of drug-likeness (QED) is 0.380. The second-order valence-electron chi connectivity index (χ2n) is 0.673. The molecule has 0 spiro atoms. The van der Waals surface area contributed by atoms with Gasteiger partial charge in [0.05, 0.1) is 0 Å². The van der Waals surface area contributed by atoms with E-state index in [1.165, 1.54) is 0 Å². The molecule has 0 heterocycles. The summed E-state index contributed by atoms with van der Waals surface area (Å²) in [7, 11) is -3.20. The summed E-state index contributed by atoms with van der Waals surface area (Å²) in [5, 5.41) is 0. The molecule has 0 saturated carbocycles. The van der Waals surface area contributed by atoms with E-state index in [4.69, 9.17) is 9.79 Å². The van der Waals surface area contributed by atoms with Crippen LogP contribution in [0.1, 0.15) is 0 Å². The Hall–Kier alpha value is 0.694. The molecule has 0 aliphatic rings. The van der Waals surface area contributed by atoms with E-state index in [2.05, 4.69) is 4.44 Å². The van der Waals surface area contributed by atoms with Crippen LogP contribution in [-0.2, 0) is 26.1 Å². The second-order valence-corrected chi connectivity index (χ2v) is 2.02. The Morgan fingerprint density at radius 3 is 1.71 bits per heavy atom. The molecule has 0 amide bonds. The minimum atomic E-state index is -4.15. The van der Waals surface area contributed by atoms with Crippen molar-refractivity contribution in [2.75, 3.05) is 0 Å². The Kier molecular flexibility index (Phi) is 5.57. The summed E-state index contributed by atoms with van der Waals surface area (Å²) in [6.45, 7) is 0. The van der Waals surface area contributed by atoms with Crippen molar-refractivity contribution in [2.24, 2.45) is 0 Å². The third-order valence-corrected chi connectivity index (χ3v) is 0.714. The Bertz CT molecular complexity index is 75.8. The van der Waals surface area contributed by atoms with Crippen molar-refractivity contribution in [1.82, 2.24) is 0 Å². The maximum atomic E-state index is 9.47. The first-order valence-electron chi connectivity index (χ1n) is 1.17. The first-order valence-corrected chi connectivity index (χ1v) is 2.70. The molecule has 0 atom stereocenters. The zero-order valence-electron chi connectivity index (χ0n) is 3.46. The van der Waals surface area contributed by atoms with Crippen LogP contribution in [0.4, 0.5) is 0 Å². The molecule has 2 N–H and O–H groups in total. The average molecular weight is 173 g/mol. The predicted molar refractivity (Wildman–Crippen MR) is 21.7 cm³/mol. The maximum Gasteiger partial charge on any atom is 0.454 e. The second kappa shape index (κ2) is 3.67. The molecule has 0 fully saturated rings. The zero-order valence-corrected chi connectivity index (χ0v) is 5.30. The standard InChI is InChI=1S/BH4O4P.Cu/c1-5-6(2,3)4;/h1H2,(H2,2,3,4);. The number of rotatable bonds is 1. The monoisotopic (exact) mass is 173 g/mol. The van der Waals surface area contributed by atoms with Gasteiger partial charge in [-0.2, -0.15) is 0 Å². The molecular weight excluding hydrogens is 169 g/mol. The van der Waals surface area contributed by atoms with Gasteiger partial charge < -0.3 is 14.2 Å². The van der Waals surface area contributed by atoms with E-state index < -0.39 is 7.82 Å². The minimum absolute atomic E-state index is 0. The summed E-state index contributed by atoms with van der Waals surface area (Å²) >= 11 is 0. The van der Waals surface area contributed by atoms with Gasteiger partial charge in [-0.3, -0.25) is 0 Å². The van der Waals surface area contributed by atoms with Crippen molar-refractivity contribution >= 4 is 15.9 Å². The summed E-state index contributed by atoms with van der Waals surface area (Å²) in [6, 6.07) is 0. The average Bonchev–Trinajstić information content (AvgIpc) is 1.35. The molecule has 0 aromatic rings. The molecule has 0 aliphatic heterocycles. The Morgan fingerprint density at radius 1 is 1.57 bits per heavy atom. The summed E-state index contributed by atoms with van der Waals surface area (Å²) in [5.41, 5.74) is 0. The molecule has 0 aliphatic carbocycles. The van der Waals surface area contributed by atoms with Crippen LogP contribution in [0.3, 0.4) is 0 Å². The van der Waals surface area contributed by atoms with E-state index in [1.807, 2.05) is 0 Å². The van der Waals surface area contributed by atoms with Gasteiger partial charge in [-0.1, -0.05) is 0 Å². The van der Waals surface area contributed by atoms with Crippen molar-refractivity contribution in [3.63, 3.8) is 0 Å². The SMILES string of the molecule is BOP(=O)(O)O.[Cu]. The summed E-state index contributed by atoms with van der Waals surface area (Å²) in [5.74, 6) is 0. The van der Waals surface area contributed by atoms with Gasteiger partial charge in [-0.05, 0) is 0 Å². The van der Waals surface area contributed by atoms with Crippen molar-refractivity contribution in [3.05, 3.63) is 0 Å². The molecule has 1 radical (unpaired) electrons. The molecule has 0 aromatic heterocycles. The third-order valence-electron chi connectivity index (χ3n) is 0.238. The first-order chi connectivity index (χ1) is 2.56. The summed E-state index contributed by atoms with van der Waals surface area (Å²) in [4.78, 5) is 15.4. The van der Waals surface area contributed by atoms with E-state index in [0.29, 0.717) is 0 Å². The first kappa shape index (κ1) is 10.6. The van der Waals surface area contributed by atoms with Crippen LogP contribution in [0.25, 0.3) is 0 Å². The molecule has 47 valence electrons. The van der Waals surface area contributed by atoms with Crippen molar-refractivity contribution < 1.29 is 35.9 Å². The van der Waals surface area contributed by atoms with Crippen LogP contribution in [0.15, 0.2) is 0 Å². The molecule has 0 saturated heterocycles. The summed E-state index contributed by atoms with van der Waals surface area (Å²) < 4.78 is 13.1. The van der Waals surface area contributed by atoms with Crippen LogP contribution < -0.4 is 0 Å². The van der Waals surface area contributed by atoms with Gasteiger partial charge in [-0.25, -0.2) is 4.57 Å². The number of hydrogen-bond acceptors (Lipinski definition) is 2. The topological polar surface area (TPSA) is 66.8 Å². The number of hydrogen-bond donors (Lipinski definition) is 2. The van der Waals surface area contributed by atoms with Gasteiger partial charge in [0.1, 0.15) is 0 Å². The Morgan fingerprint density at radius 2 is 1.71 bits per heavy atom. The molecular formula is H4BCuO4P. The van der Waals surface area contributed by atoms with Gasteiger partial charge >= 0.3 is 7.82 Å². The van der Waals surface area contributed by atoms with Gasteiger partial charge in [0.15, 0.2) is 0 Å². The van der Waals surface area contributed by atoms with Gasteiger partial charge in [0.2, 0.25) is 0 Å². The molecule has 0 bridgehead atoms. The van der Waals surface area contributed by atoms with Crippen LogP contribution in [0, 0.1) is 0 Å². The Labute approximate surface area is 52.4 Å². The minimum Gasteiger partial charge on any atom is -0.358 e. The van der Waals surface area contributed by atoms with Gasteiger partial charge in [0.25, 0.3) is 8.05 Å². The normalized spacial score (nSPS) is 10.0. The van der Waals surface area contributed by atoms with Gasteiger partial charge in [-0.15, -0.1) is 0 Å². The fourth-order valence-corrected chi connectivity index (χ4v) is 0. The molecule has 0 aromatic carbocycles. The predicted octanol–water partition coefficient (Wildman–Crippen LogP) is -1.36. The van der Waals surface area contributed by atoms with E-state index in [0.717, 1.165) is 8.05 Å². The molecule has 7 heavy (non-hydrogen) atoms. The zero-order chi connectivity index (χ0) is 5.21. The van der Waals surface area contributed by atoms with Crippen molar-refractivity contribution in [3.8, 4) is 0 Å². The third kappa shape index (κ3) is 10.8. The van der Waals surface area contributed by atoms with E-state index in [9.17, 15) is 4.57 Å². The molecule has 0 rings (SSSR count). The van der Waals surface area contributed by atoms with Crippen molar-refractivity contribution in [1.29, 1.82) is 0 Å². The van der Waals surface area contributed by atoms with Crippen LogP contribution in [0.5, 0.6) is 0 Å². The smallest absolute Gasteiger partial charge is 0.358 e. The largest absolute Gasteiger partial charge is 0.454 e. The van der Waals surface area contributed by atoms with E-state index in [1.54, 1.807) is 0 Å². The molecule has 7 heteroatoms. The van der Waals surface area contributed by atoms with Crippen molar-refractivity contribution in [2.45, 2.75) is 0 Å². The Balaban J connectivity index is 0. The van der Waals surface area contributed by atoms with Gasteiger partial charge in [0, 0.05) is 17.1 Å². The fraction of sp³-hybridized carbons (Fsp3) is 0. The van der Waals surface area contributed by atoms with Crippen LogP contribution >= 0.6 is 7.82 Å². The number of phosphoric acid groups is 1. The molecule has 4 nitrogen and oxygen atoms in total. The maximum absolute atomic E-state index is 9.47. The van der Waals surface area contributed by atoms with Crippen LogP contribution in [0.2, 0.25) is 0 Å². The fourth-order valence-electron chi connectivity index (χ4n) is 0. The molecule has 0 unspecified atom stereocenters.